The van der Waals surface area contributed by atoms with Crippen LogP contribution in [0, 0.1) is 0 Å². The third kappa shape index (κ3) is 4.64. The van der Waals surface area contributed by atoms with Crippen molar-refractivity contribution in [2.75, 3.05) is 6.61 Å². The standard InChI is InChI=1S/C20H19ClN2O3S/c1-3-12(2)22-19(24)11-26-20(25)14-10-16(17-8-9-18(21)27-17)23-15-7-5-4-6-13(14)15/h4-10,12H,3,11H2,1-2H3,(H,22,24). The third-order valence-electron chi connectivity index (χ3n) is 4.12. The Morgan fingerprint density at radius 3 is 2.74 bits per heavy atom. The van der Waals surface area contributed by atoms with Crippen molar-refractivity contribution in [1.82, 2.24) is 10.3 Å². The Kier molecular flexibility index (Phi) is 6.08. The quantitative estimate of drug-likeness (QED) is 0.607. The highest BCUT2D eigenvalue weighted by Gasteiger charge is 2.17. The van der Waals surface area contributed by atoms with Gasteiger partial charge in [-0.15, -0.1) is 11.3 Å². The molecule has 0 bridgehead atoms. The molecule has 0 saturated heterocycles. The molecule has 140 valence electrons. The lowest BCUT2D eigenvalue weighted by Crippen LogP contribution is -2.35. The Labute approximate surface area is 166 Å². The lowest BCUT2D eigenvalue weighted by Gasteiger charge is -2.12. The normalized spacial score (nSPS) is 12.0. The molecule has 1 N–H and O–H groups in total. The Bertz CT molecular complexity index is 986. The Balaban J connectivity index is 1.88. The van der Waals surface area contributed by atoms with Crippen molar-refractivity contribution in [3.8, 4) is 10.6 Å². The van der Waals surface area contributed by atoms with Gasteiger partial charge in [0.15, 0.2) is 6.61 Å². The molecule has 2 aromatic heterocycles. The van der Waals surface area contributed by atoms with E-state index < -0.39 is 5.97 Å². The highest BCUT2D eigenvalue weighted by atomic mass is 35.5. The number of carbonyl (C=O) groups is 2. The van der Waals surface area contributed by atoms with Crippen LogP contribution in [-0.4, -0.2) is 29.5 Å². The SMILES string of the molecule is CCC(C)NC(=O)COC(=O)c1cc(-c2ccc(Cl)s2)nc2ccccc12. The molecule has 0 fully saturated rings. The van der Waals surface area contributed by atoms with Crippen molar-refractivity contribution in [3.05, 3.63) is 52.4 Å². The van der Waals surface area contributed by atoms with Crippen LogP contribution in [0.25, 0.3) is 21.5 Å². The van der Waals surface area contributed by atoms with E-state index >= 15 is 0 Å². The largest absolute Gasteiger partial charge is 0.452 e. The molecule has 27 heavy (non-hydrogen) atoms. The van der Waals surface area contributed by atoms with Gasteiger partial charge in [0.1, 0.15) is 0 Å². The predicted octanol–water partition coefficient (Wildman–Crippen LogP) is 4.69. The molecule has 0 saturated carbocycles. The van der Waals surface area contributed by atoms with Crippen LogP contribution in [-0.2, 0) is 9.53 Å². The monoisotopic (exact) mass is 402 g/mol. The van der Waals surface area contributed by atoms with Gasteiger partial charge in [-0.2, -0.15) is 0 Å². The average molecular weight is 403 g/mol. The van der Waals surface area contributed by atoms with Crippen molar-refractivity contribution in [2.24, 2.45) is 0 Å². The van der Waals surface area contributed by atoms with Crippen LogP contribution in [0.1, 0.15) is 30.6 Å². The minimum Gasteiger partial charge on any atom is -0.452 e. The topological polar surface area (TPSA) is 68.3 Å². The summed E-state index contributed by atoms with van der Waals surface area (Å²) in [6, 6.07) is 12.7. The fraction of sp³-hybridized carbons (Fsp3) is 0.250. The van der Waals surface area contributed by atoms with Gasteiger partial charge in [-0.1, -0.05) is 36.7 Å². The fourth-order valence-electron chi connectivity index (χ4n) is 2.55. The first-order valence-corrected chi connectivity index (χ1v) is 9.79. The molecule has 3 rings (SSSR count). The summed E-state index contributed by atoms with van der Waals surface area (Å²) in [5, 5.41) is 3.45. The van der Waals surface area contributed by atoms with Crippen LogP contribution in [0.5, 0.6) is 0 Å². The second-order valence-corrected chi connectivity index (χ2v) is 7.84. The van der Waals surface area contributed by atoms with E-state index in [0.717, 1.165) is 11.3 Å². The van der Waals surface area contributed by atoms with E-state index in [4.69, 9.17) is 16.3 Å². The number of aromatic nitrogens is 1. The van der Waals surface area contributed by atoms with Gasteiger partial charge in [0.2, 0.25) is 0 Å². The molecular weight excluding hydrogens is 384 g/mol. The molecule has 1 unspecified atom stereocenters. The first kappa shape index (κ1) is 19.3. The minimum atomic E-state index is -0.559. The summed E-state index contributed by atoms with van der Waals surface area (Å²) in [6.45, 7) is 3.55. The summed E-state index contributed by atoms with van der Waals surface area (Å²) < 4.78 is 5.88. The molecule has 0 aliphatic carbocycles. The summed E-state index contributed by atoms with van der Waals surface area (Å²) in [6.07, 6.45) is 0.807. The number of para-hydroxylation sites is 1. The van der Waals surface area contributed by atoms with Crippen LogP contribution < -0.4 is 5.32 Å². The van der Waals surface area contributed by atoms with Crippen molar-refractivity contribution < 1.29 is 14.3 Å². The zero-order valence-electron chi connectivity index (χ0n) is 15.0. The maximum atomic E-state index is 12.7. The summed E-state index contributed by atoms with van der Waals surface area (Å²) >= 11 is 7.41. The molecule has 2 heterocycles. The average Bonchev–Trinajstić information content (AvgIpc) is 3.11. The molecule has 3 aromatic rings. The number of carbonyl (C=O) groups excluding carboxylic acids is 2. The van der Waals surface area contributed by atoms with Crippen molar-refractivity contribution in [3.63, 3.8) is 0 Å². The Morgan fingerprint density at radius 2 is 2.04 bits per heavy atom. The van der Waals surface area contributed by atoms with Crippen LogP contribution in [0.4, 0.5) is 0 Å². The van der Waals surface area contributed by atoms with E-state index in [2.05, 4.69) is 10.3 Å². The number of hydrogen-bond acceptors (Lipinski definition) is 5. The first-order chi connectivity index (χ1) is 13.0. The van der Waals surface area contributed by atoms with Crippen LogP contribution in [0.15, 0.2) is 42.5 Å². The van der Waals surface area contributed by atoms with E-state index in [1.165, 1.54) is 11.3 Å². The number of esters is 1. The van der Waals surface area contributed by atoms with Gasteiger partial charge in [-0.3, -0.25) is 4.79 Å². The van der Waals surface area contributed by atoms with E-state index in [-0.39, 0.29) is 18.6 Å². The molecule has 7 heteroatoms. The van der Waals surface area contributed by atoms with Gasteiger partial charge in [-0.05, 0) is 37.6 Å². The van der Waals surface area contributed by atoms with E-state index in [9.17, 15) is 9.59 Å². The zero-order chi connectivity index (χ0) is 19.4. The lowest BCUT2D eigenvalue weighted by molar-refractivity contribution is -0.124. The van der Waals surface area contributed by atoms with E-state index in [1.807, 2.05) is 44.2 Å². The predicted molar refractivity (Wildman–Crippen MR) is 108 cm³/mol. The number of benzene rings is 1. The minimum absolute atomic E-state index is 0.0353. The van der Waals surface area contributed by atoms with Crippen molar-refractivity contribution in [2.45, 2.75) is 26.3 Å². The summed E-state index contributed by atoms with van der Waals surface area (Å²) in [5.41, 5.74) is 1.69. The second-order valence-electron chi connectivity index (χ2n) is 6.13. The highest BCUT2D eigenvalue weighted by Crippen LogP contribution is 2.32. The van der Waals surface area contributed by atoms with Gasteiger partial charge in [0.25, 0.3) is 5.91 Å². The van der Waals surface area contributed by atoms with Crippen LogP contribution >= 0.6 is 22.9 Å². The molecule has 0 aliphatic rings. The van der Waals surface area contributed by atoms with Crippen molar-refractivity contribution in [1.29, 1.82) is 0 Å². The fourth-order valence-corrected chi connectivity index (χ4v) is 3.55. The summed E-state index contributed by atoms with van der Waals surface area (Å²) in [5.74, 6) is -0.877. The highest BCUT2D eigenvalue weighted by molar-refractivity contribution is 7.19. The molecule has 0 spiro atoms. The van der Waals surface area contributed by atoms with E-state index in [0.29, 0.717) is 26.5 Å². The number of halogens is 1. The van der Waals surface area contributed by atoms with Gasteiger partial charge in [-0.25, -0.2) is 9.78 Å². The maximum Gasteiger partial charge on any atom is 0.339 e. The molecule has 0 aliphatic heterocycles. The Hall–Kier alpha value is -2.44. The molecule has 1 aromatic carbocycles. The number of ether oxygens (including phenoxy) is 1. The number of thiophene rings is 1. The number of rotatable bonds is 6. The number of pyridine rings is 1. The number of nitrogens with one attached hydrogen (secondary N) is 1. The van der Waals surface area contributed by atoms with Gasteiger partial charge in [0.05, 0.1) is 26.0 Å². The second kappa shape index (κ2) is 8.50. The number of hydrogen-bond donors (Lipinski definition) is 1. The molecule has 1 atom stereocenters. The summed E-state index contributed by atoms with van der Waals surface area (Å²) in [7, 11) is 0. The number of fused-ring (bicyclic) bond motifs is 1. The molecule has 0 radical (unpaired) electrons. The number of amides is 1. The van der Waals surface area contributed by atoms with Gasteiger partial charge < -0.3 is 10.1 Å². The lowest BCUT2D eigenvalue weighted by atomic mass is 10.1. The van der Waals surface area contributed by atoms with Crippen molar-refractivity contribution >= 4 is 45.7 Å². The first-order valence-electron chi connectivity index (χ1n) is 8.60. The molecule has 1 amide bonds. The van der Waals surface area contributed by atoms with Crippen LogP contribution in [0.2, 0.25) is 4.34 Å². The van der Waals surface area contributed by atoms with Gasteiger partial charge >= 0.3 is 5.97 Å². The summed E-state index contributed by atoms with van der Waals surface area (Å²) in [4.78, 5) is 30.0. The van der Waals surface area contributed by atoms with E-state index in [1.54, 1.807) is 12.1 Å². The van der Waals surface area contributed by atoms with Crippen LogP contribution in [0.3, 0.4) is 0 Å². The zero-order valence-corrected chi connectivity index (χ0v) is 16.6. The third-order valence-corrected chi connectivity index (χ3v) is 5.37. The maximum absolute atomic E-state index is 12.7. The molecular formula is C20H19ClN2O3S. The number of nitrogens with zero attached hydrogens (tertiary/aromatic N) is 1. The smallest absolute Gasteiger partial charge is 0.339 e. The Morgan fingerprint density at radius 1 is 1.26 bits per heavy atom. The molecule has 5 nitrogen and oxygen atoms in total. The van der Waals surface area contributed by atoms with Gasteiger partial charge in [0, 0.05) is 11.4 Å².